The number of hydrogen-bond acceptors (Lipinski definition) is 4. The van der Waals surface area contributed by atoms with Crippen LogP contribution in [-0.4, -0.2) is 38.3 Å². The van der Waals surface area contributed by atoms with Crippen LogP contribution in [0.5, 0.6) is 0 Å². The SMILES string of the molecule is CC#CCNC(=O)c1sccc1S(=O)(=O)N1CCCCC1. The minimum absolute atomic E-state index is 0.108. The number of amides is 1. The summed E-state index contributed by atoms with van der Waals surface area (Å²) in [4.78, 5) is 12.4. The topological polar surface area (TPSA) is 66.5 Å². The number of piperidine rings is 1. The number of hydrogen-bond donors (Lipinski definition) is 1. The van der Waals surface area contributed by atoms with Crippen LogP contribution < -0.4 is 5.32 Å². The molecule has 7 heteroatoms. The number of sulfonamides is 1. The van der Waals surface area contributed by atoms with Crippen LogP contribution in [-0.2, 0) is 10.0 Å². The Morgan fingerprint density at radius 3 is 2.76 bits per heavy atom. The predicted octanol–water partition coefficient (Wildman–Crippen LogP) is 1.68. The second-order valence-corrected chi connectivity index (χ2v) is 7.51. The molecule has 1 aromatic rings. The average molecular weight is 326 g/mol. The van der Waals surface area contributed by atoms with Gasteiger partial charge in [0, 0.05) is 13.1 Å². The van der Waals surface area contributed by atoms with E-state index in [1.54, 1.807) is 12.3 Å². The molecule has 1 amide bonds. The number of thiophene rings is 1. The Hall–Kier alpha value is -1.36. The summed E-state index contributed by atoms with van der Waals surface area (Å²) in [6.07, 6.45) is 2.80. The van der Waals surface area contributed by atoms with Crippen molar-refractivity contribution < 1.29 is 13.2 Å². The van der Waals surface area contributed by atoms with Gasteiger partial charge in [0.1, 0.15) is 9.77 Å². The largest absolute Gasteiger partial charge is 0.340 e. The zero-order valence-electron chi connectivity index (χ0n) is 11.9. The summed E-state index contributed by atoms with van der Waals surface area (Å²) in [6, 6.07) is 1.51. The predicted molar refractivity (Wildman–Crippen MR) is 82.7 cm³/mol. The van der Waals surface area contributed by atoms with Gasteiger partial charge >= 0.3 is 0 Å². The lowest BCUT2D eigenvalue weighted by Gasteiger charge is -2.25. The molecular weight excluding hydrogens is 308 g/mol. The van der Waals surface area contributed by atoms with E-state index in [1.165, 1.54) is 10.4 Å². The number of carbonyl (C=O) groups excluding carboxylic acids is 1. The summed E-state index contributed by atoms with van der Waals surface area (Å²) >= 11 is 1.14. The van der Waals surface area contributed by atoms with Crippen LogP contribution in [0.15, 0.2) is 16.3 Å². The molecule has 0 spiro atoms. The molecule has 5 nitrogen and oxygen atoms in total. The smallest absolute Gasteiger partial charge is 0.263 e. The van der Waals surface area contributed by atoms with Crippen LogP contribution in [0, 0.1) is 11.8 Å². The number of carbonyl (C=O) groups is 1. The molecule has 0 aliphatic carbocycles. The van der Waals surface area contributed by atoms with Crippen molar-refractivity contribution in [2.24, 2.45) is 0 Å². The van der Waals surface area contributed by atoms with Crippen LogP contribution in [0.25, 0.3) is 0 Å². The lowest BCUT2D eigenvalue weighted by Crippen LogP contribution is -2.36. The quantitative estimate of drug-likeness (QED) is 0.856. The molecule has 1 saturated heterocycles. The van der Waals surface area contributed by atoms with E-state index in [9.17, 15) is 13.2 Å². The van der Waals surface area contributed by atoms with Gasteiger partial charge in [-0.05, 0) is 31.2 Å². The van der Waals surface area contributed by atoms with Gasteiger partial charge in [-0.1, -0.05) is 12.3 Å². The fourth-order valence-corrected chi connectivity index (χ4v) is 5.04. The molecule has 1 aliphatic rings. The molecule has 0 aromatic carbocycles. The molecule has 2 rings (SSSR count). The summed E-state index contributed by atoms with van der Waals surface area (Å²) in [6.45, 7) is 2.96. The highest BCUT2D eigenvalue weighted by atomic mass is 32.2. The lowest BCUT2D eigenvalue weighted by atomic mass is 10.2. The maximum absolute atomic E-state index is 12.6. The normalized spacial score (nSPS) is 16.0. The molecule has 1 fully saturated rings. The Bertz CT molecular complexity index is 662. The molecule has 0 radical (unpaired) electrons. The van der Waals surface area contributed by atoms with Crippen LogP contribution in [0.2, 0.25) is 0 Å². The van der Waals surface area contributed by atoms with Crippen LogP contribution >= 0.6 is 11.3 Å². The maximum Gasteiger partial charge on any atom is 0.263 e. The molecule has 21 heavy (non-hydrogen) atoms. The zero-order chi connectivity index (χ0) is 15.3. The van der Waals surface area contributed by atoms with Crippen LogP contribution in [0.1, 0.15) is 35.9 Å². The summed E-state index contributed by atoms with van der Waals surface area (Å²) in [7, 11) is -3.58. The first-order chi connectivity index (χ1) is 10.1. The summed E-state index contributed by atoms with van der Waals surface area (Å²) in [5, 5.41) is 4.25. The van der Waals surface area contributed by atoms with E-state index in [4.69, 9.17) is 0 Å². The second-order valence-electron chi connectivity index (χ2n) is 4.69. The Morgan fingerprint density at radius 2 is 2.10 bits per heavy atom. The Morgan fingerprint density at radius 1 is 1.38 bits per heavy atom. The van der Waals surface area contributed by atoms with Crippen LogP contribution in [0.3, 0.4) is 0 Å². The van der Waals surface area contributed by atoms with E-state index in [-0.39, 0.29) is 22.2 Å². The van der Waals surface area contributed by atoms with Crippen molar-refractivity contribution in [1.82, 2.24) is 9.62 Å². The third-order valence-electron chi connectivity index (χ3n) is 3.28. The Balaban J connectivity index is 2.21. The molecule has 114 valence electrons. The minimum Gasteiger partial charge on any atom is -0.340 e. The van der Waals surface area contributed by atoms with E-state index in [1.807, 2.05) is 0 Å². The maximum atomic E-state index is 12.6. The van der Waals surface area contributed by atoms with Crippen molar-refractivity contribution in [3.63, 3.8) is 0 Å². The molecule has 0 unspecified atom stereocenters. The number of nitrogens with zero attached hydrogens (tertiary/aromatic N) is 1. The highest BCUT2D eigenvalue weighted by Crippen LogP contribution is 2.27. The van der Waals surface area contributed by atoms with Gasteiger partial charge in [-0.25, -0.2) is 8.42 Å². The van der Waals surface area contributed by atoms with Gasteiger partial charge in [0.2, 0.25) is 10.0 Å². The standard InChI is InChI=1S/C14H18N2O3S2/c1-2-3-8-15-14(17)13-12(7-11-20-13)21(18,19)16-9-5-4-6-10-16/h7,11H,4-6,8-10H2,1H3,(H,15,17). The minimum atomic E-state index is -3.58. The summed E-state index contributed by atoms with van der Waals surface area (Å²) in [5.41, 5.74) is 0. The van der Waals surface area contributed by atoms with Gasteiger partial charge in [0.05, 0.1) is 6.54 Å². The van der Waals surface area contributed by atoms with Gasteiger partial charge < -0.3 is 5.32 Å². The molecule has 0 bridgehead atoms. The Kier molecular flexibility index (Phi) is 5.39. The van der Waals surface area contributed by atoms with Crippen molar-refractivity contribution in [2.75, 3.05) is 19.6 Å². The van der Waals surface area contributed by atoms with E-state index in [0.717, 1.165) is 30.6 Å². The number of rotatable bonds is 4. The summed E-state index contributed by atoms with van der Waals surface area (Å²) < 4.78 is 26.7. The van der Waals surface area contributed by atoms with Gasteiger partial charge in [0.15, 0.2) is 0 Å². The highest BCUT2D eigenvalue weighted by Gasteiger charge is 2.30. The molecule has 2 heterocycles. The van der Waals surface area contributed by atoms with Crippen molar-refractivity contribution >= 4 is 27.3 Å². The van der Waals surface area contributed by atoms with Gasteiger partial charge in [-0.3, -0.25) is 4.79 Å². The van der Waals surface area contributed by atoms with E-state index in [2.05, 4.69) is 17.2 Å². The average Bonchev–Trinajstić information content (AvgIpc) is 2.98. The molecular formula is C14H18N2O3S2. The van der Waals surface area contributed by atoms with Crippen molar-refractivity contribution in [1.29, 1.82) is 0 Å². The highest BCUT2D eigenvalue weighted by molar-refractivity contribution is 7.89. The third-order valence-corrected chi connectivity index (χ3v) is 6.27. The molecule has 1 aliphatic heterocycles. The lowest BCUT2D eigenvalue weighted by molar-refractivity contribution is 0.0959. The van der Waals surface area contributed by atoms with E-state index >= 15 is 0 Å². The van der Waals surface area contributed by atoms with Gasteiger partial charge in [-0.2, -0.15) is 4.31 Å². The molecule has 0 saturated carbocycles. The fourth-order valence-electron chi connectivity index (χ4n) is 2.20. The van der Waals surface area contributed by atoms with Crippen LogP contribution in [0.4, 0.5) is 0 Å². The Labute approximate surface area is 129 Å². The van der Waals surface area contributed by atoms with Gasteiger partial charge in [0.25, 0.3) is 5.91 Å². The third kappa shape index (κ3) is 3.64. The fraction of sp³-hybridized carbons (Fsp3) is 0.500. The van der Waals surface area contributed by atoms with Gasteiger partial charge in [-0.15, -0.1) is 17.3 Å². The van der Waals surface area contributed by atoms with E-state index < -0.39 is 10.0 Å². The number of nitrogens with one attached hydrogen (secondary N) is 1. The zero-order valence-corrected chi connectivity index (χ0v) is 13.5. The molecule has 1 aromatic heterocycles. The van der Waals surface area contributed by atoms with Crippen molar-refractivity contribution in [3.8, 4) is 11.8 Å². The first-order valence-corrected chi connectivity index (χ1v) is 9.15. The molecule has 0 atom stereocenters. The summed E-state index contributed by atoms with van der Waals surface area (Å²) in [5.74, 6) is 5.02. The first kappa shape index (κ1) is 16.0. The van der Waals surface area contributed by atoms with Crippen molar-refractivity contribution in [3.05, 3.63) is 16.3 Å². The first-order valence-electron chi connectivity index (χ1n) is 6.83. The second kappa shape index (κ2) is 7.07. The molecule has 1 N–H and O–H groups in total. The van der Waals surface area contributed by atoms with E-state index in [0.29, 0.717) is 13.1 Å². The van der Waals surface area contributed by atoms with Crippen molar-refractivity contribution in [2.45, 2.75) is 31.1 Å². The monoisotopic (exact) mass is 326 g/mol.